The molecule has 0 spiro atoms. The van der Waals surface area contributed by atoms with Crippen LogP contribution in [0.2, 0.25) is 0 Å². The predicted molar refractivity (Wildman–Crippen MR) is 391 cm³/mol. The van der Waals surface area contributed by atoms with E-state index >= 15 is 0 Å². The van der Waals surface area contributed by atoms with Crippen molar-refractivity contribution in [1.29, 1.82) is 0 Å². The molecule has 0 saturated heterocycles. The van der Waals surface area contributed by atoms with Gasteiger partial charge in [-0.15, -0.1) is 0 Å². The molecule has 570 valence electrons. The van der Waals surface area contributed by atoms with Crippen molar-refractivity contribution in [2.24, 2.45) is 23.7 Å². The van der Waals surface area contributed by atoms with Crippen LogP contribution in [0.5, 0.6) is 0 Å². The molecule has 19 heteroatoms. The first kappa shape index (κ1) is 94.1. The second kappa shape index (κ2) is 66.3. The van der Waals surface area contributed by atoms with Crippen LogP contribution in [0.1, 0.15) is 389 Å². The highest BCUT2D eigenvalue weighted by atomic mass is 31.2. The number of aliphatic hydroxyl groups is 1. The number of ether oxygens (including phenoxy) is 4. The van der Waals surface area contributed by atoms with Crippen molar-refractivity contribution in [1.82, 2.24) is 0 Å². The molecule has 0 radical (unpaired) electrons. The quantitative estimate of drug-likeness (QED) is 0.0222. The van der Waals surface area contributed by atoms with Crippen LogP contribution in [0.4, 0.5) is 0 Å². The van der Waals surface area contributed by atoms with Crippen LogP contribution in [0.15, 0.2) is 0 Å². The summed E-state index contributed by atoms with van der Waals surface area (Å²) in [5.41, 5.74) is 0. The van der Waals surface area contributed by atoms with Gasteiger partial charge in [0.05, 0.1) is 26.4 Å². The van der Waals surface area contributed by atoms with Crippen molar-refractivity contribution < 1.29 is 80.2 Å². The second-order valence-corrected chi connectivity index (χ2v) is 32.3. The van der Waals surface area contributed by atoms with Gasteiger partial charge in [-0.1, -0.05) is 338 Å². The van der Waals surface area contributed by atoms with Crippen molar-refractivity contribution >= 4 is 39.5 Å². The zero-order valence-electron chi connectivity index (χ0n) is 63.0. The molecule has 0 bridgehead atoms. The van der Waals surface area contributed by atoms with Gasteiger partial charge in [-0.3, -0.25) is 37.3 Å². The van der Waals surface area contributed by atoms with E-state index in [9.17, 15) is 43.2 Å². The average Bonchev–Trinajstić information content (AvgIpc) is 1.55. The number of phosphoric ester groups is 2. The zero-order chi connectivity index (χ0) is 71.0. The van der Waals surface area contributed by atoms with Crippen molar-refractivity contribution in [3.05, 3.63) is 0 Å². The summed E-state index contributed by atoms with van der Waals surface area (Å²) in [6.45, 7) is 14.2. The van der Waals surface area contributed by atoms with Crippen LogP contribution in [0.25, 0.3) is 0 Å². The highest BCUT2D eigenvalue weighted by molar-refractivity contribution is 7.47. The SMILES string of the molecule is CCC(C)CCCCCCCCCCCCC(=O)O[C@H](COC(=O)CCCCCCCCC(C)C)COP(=O)(O)OC[C@H](O)COP(=O)(O)OC[C@@H](COC(=O)CCCCCCCCCCCCCCCCCCCCC(C)C)OC(=O)CCCCCCCCCCCC(C)C. The number of hydrogen-bond acceptors (Lipinski definition) is 15. The maximum Gasteiger partial charge on any atom is 0.472 e. The van der Waals surface area contributed by atoms with Crippen LogP contribution in [-0.4, -0.2) is 96.7 Å². The molecule has 0 aliphatic rings. The molecule has 0 heterocycles. The van der Waals surface area contributed by atoms with Crippen LogP contribution < -0.4 is 0 Å². The third kappa shape index (κ3) is 69.2. The molecule has 3 unspecified atom stereocenters. The summed E-state index contributed by atoms with van der Waals surface area (Å²) in [4.78, 5) is 72.8. The number of unbranched alkanes of at least 4 members (excludes halogenated alkanes) is 39. The van der Waals surface area contributed by atoms with Crippen LogP contribution >= 0.6 is 15.6 Å². The van der Waals surface area contributed by atoms with E-state index in [1.807, 2.05) is 0 Å². The minimum atomic E-state index is -4.96. The molecule has 0 aromatic carbocycles. The average molecular weight is 1410 g/mol. The number of rotatable bonds is 74. The molecule has 0 aliphatic heterocycles. The molecule has 96 heavy (non-hydrogen) atoms. The number of esters is 4. The van der Waals surface area contributed by atoms with E-state index < -0.39 is 97.5 Å². The van der Waals surface area contributed by atoms with Crippen molar-refractivity contribution in [2.45, 2.75) is 408 Å². The molecule has 0 amide bonds. The lowest BCUT2D eigenvalue weighted by Gasteiger charge is -2.21. The summed E-state index contributed by atoms with van der Waals surface area (Å²) < 4.78 is 68.5. The first-order valence-corrected chi connectivity index (χ1v) is 42.7. The van der Waals surface area contributed by atoms with Gasteiger partial charge in [0.15, 0.2) is 12.2 Å². The molecular weight excluding hydrogens is 1260 g/mol. The van der Waals surface area contributed by atoms with Gasteiger partial charge in [-0.2, -0.15) is 0 Å². The fraction of sp³-hybridized carbons (Fsp3) is 0.948. The maximum absolute atomic E-state index is 13.1. The normalized spacial score (nSPS) is 14.4. The van der Waals surface area contributed by atoms with Gasteiger partial charge in [0.2, 0.25) is 0 Å². The fourth-order valence-corrected chi connectivity index (χ4v) is 13.3. The molecule has 6 atom stereocenters. The smallest absolute Gasteiger partial charge is 0.462 e. The Morgan fingerprint density at radius 1 is 0.292 bits per heavy atom. The summed E-state index contributed by atoms with van der Waals surface area (Å²) in [5.74, 6) is 0.919. The van der Waals surface area contributed by atoms with E-state index in [1.54, 1.807) is 0 Å². The molecule has 0 aromatic rings. The fourth-order valence-electron chi connectivity index (χ4n) is 11.7. The van der Waals surface area contributed by atoms with E-state index in [-0.39, 0.29) is 25.7 Å². The van der Waals surface area contributed by atoms with Gasteiger partial charge in [-0.25, -0.2) is 9.13 Å². The lowest BCUT2D eigenvalue weighted by molar-refractivity contribution is -0.161. The van der Waals surface area contributed by atoms with Crippen molar-refractivity contribution in [2.75, 3.05) is 39.6 Å². The topological polar surface area (TPSA) is 237 Å². The van der Waals surface area contributed by atoms with Gasteiger partial charge in [0, 0.05) is 25.7 Å². The van der Waals surface area contributed by atoms with Gasteiger partial charge < -0.3 is 33.8 Å². The Morgan fingerprint density at radius 3 is 0.740 bits per heavy atom. The Morgan fingerprint density at radius 2 is 0.500 bits per heavy atom. The van der Waals surface area contributed by atoms with Gasteiger partial charge >= 0.3 is 39.5 Å². The largest absolute Gasteiger partial charge is 0.472 e. The predicted octanol–water partition coefficient (Wildman–Crippen LogP) is 22.4. The zero-order valence-corrected chi connectivity index (χ0v) is 64.8. The van der Waals surface area contributed by atoms with Gasteiger partial charge in [-0.05, 0) is 49.4 Å². The summed E-state index contributed by atoms with van der Waals surface area (Å²) in [6.07, 6.45) is 51.6. The molecule has 17 nitrogen and oxygen atoms in total. The molecule has 0 saturated carbocycles. The van der Waals surface area contributed by atoms with E-state index in [0.717, 1.165) is 114 Å². The molecule has 0 aliphatic carbocycles. The van der Waals surface area contributed by atoms with Gasteiger partial charge in [0.1, 0.15) is 19.3 Å². The number of hydrogen-bond donors (Lipinski definition) is 3. The van der Waals surface area contributed by atoms with Gasteiger partial charge in [0.25, 0.3) is 0 Å². The minimum absolute atomic E-state index is 0.105. The van der Waals surface area contributed by atoms with Crippen LogP contribution in [0, 0.1) is 23.7 Å². The Kier molecular flexibility index (Phi) is 65.0. The number of carbonyl (C=O) groups is 4. The number of phosphoric acid groups is 2. The first-order valence-electron chi connectivity index (χ1n) is 39.7. The third-order valence-corrected chi connectivity index (χ3v) is 20.1. The molecular formula is C77H150O17P2. The Balaban J connectivity index is 5.17. The lowest BCUT2D eigenvalue weighted by Crippen LogP contribution is -2.30. The van der Waals surface area contributed by atoms with Crippen molar-refractivity contribution in [3.8, 4) is 0 Å². The van der Waals surface area contributed by atoms with Crippen LogP contribution in [-0.2, 0) is 65.4 Å². The molecule has 0 aromatic heterocycles. The molecule has 0 rings (SSSR count). The second-order valence-electron chi connectivity index (χ2n) is 29.4. The summed E-state index contributed by atoms with van der Waals surface area (Å²) >= 11 is 0. The highest BCUT2D eigenvalue weighted by Gasteiger charge is 2.30. The standard InChI is InChI=1S/C77H150O17P2/c1-9-70(8)56-48-40-31-25-20-21-27-33-43-51-59-76(81)94-73(64-88-75(80)58-50-42-36-35-39-47-55-69(6)7)66-92-96(85,86)90-62-71(78)61-89-95(83,84)91-65-72(93-77(82)60-52-44-34-28-22-24-30-38-46-54-68(4)5)63-87-74(79)57-49-41-32-26-19-17-15-13-11-10-12-14-16-18-23-29-37-45-53-67(2)3/h67-73,78H,9-66H2,1-8H3,(H,83,84)(H,85,86)/t70?,71-,72-,73-/m1/s1. The monoisotopic (exact) mass is 1410 g/mol. The van der Waals surface area contributed by atoms with E-state index in [1.165, 1.54) is 186 Å². The molecule has 0 fully saturated rings. The Bertz CT molecular complexity index is 1890. The van der Waals surface area contributed by atoms with E-state index in [0.29, 0.717) is 31.6 Å². The van der Waals surface area contributed by atoms with E-state index in [2.05, 4.69) is 55.4 Å². The highest BCUT2D eigenvalue weighted by Crippen LogP contribution is 2.45. The number of aliphatic hydroxyl groups excluding tert-OH is 1. The summed E-state index contributed by atoms with van der Waals surface area (Å²) in [7, 11) is -9.91. The van der Waals surface area contributed by atoms with Crippen LogP contribution in [0.3, 0.4) is 0 Å². The van der Waals surface area contributed by atoms with Crippen molar-refractivity contribution in [3.63, 3.8) is 0 Å². The number of carbonyl (C=O) groups excluding carboxylic acids is 4. The summed E-state index contributed by atoms with van der Waals surface area (Å²) in [6, 6.07) is 0. The Hall–Kier alpha value is -1.94. The maximum atomic E-state index is 13.1. The lowest BCUT2D eigenvalue weighted by atomic mass is 9.99. The third-order valence-electron chi connectivity index (χ3n) is 18.2. The minimum Gasteiger partial charge on any atom is -0.462 e. The Labute approximate surface area is 588 Å². The van der Waals surface area contributed by atoms with E-state index in [4.69, 9.17) is 37.0 Å². The molecule has 3 N–H and O–H groups in total. The first-order chi connectivity index (χ1) is 46.1. The summed E-state index contributed by atoms with van der Waals surface area (Å²) in [5, 5.41) is 10.6.